The lowest BCUT2D eigenvalue weighted by Crippen LogP contribution is -2.31. The van der Waals surface area contributed by atoms with Gasteiger partial charge in [0.1, 0.15) is 0 Å². The summed E-state index contributed by atoms with van der Waals surface area (Å²) in [5.41, 5.74) is 4.53. The van der Waals surface area contributed by atoms with Crippen molar-refractivity contribution in [3.8, 4) is 0 Å². The first-order chi connectivity index (χ1) is 11.5. The Bertz CT molecular complexity index is 678. The second kappa shape index (κ2) is 9.72. The number of rotatable bonds is 7. The summed E-state index contributed by atoms with van der Waals surface area (Å²) >= 11 is 0. The lowest BCUT2D eigenvalue weighted by atomic mass is 9.64. The van der Waals surface area contributed by atoms with E-state index >= 15 is 0 Å². The Morgan fingerprint density at radius 1 is 0.875 bits per heavy atom. The summed E-state index contributed by atoms with van der Waals surface area (Å²) in [6.45, 7) is 15.0. The molecule has 0 radical (unpaired) electrons. The van der Waals surface area contributed by atoms with Crippen molar-refractivity contribution in [2.45, 2.75) is 40.0 Å². The van der Waals surface area contributed by atoms with Crippen LogP contribution in [0.1, 0.15) is 40.2 Å². The number of allylic oxidation sites excluding steroid dienone is 11. The Morgan fingerprint density at radius 3 is 2.04 bits per heavy atom. The molecule has 0 fully saturated rings. The van der Waals surface area contributed by atoms with E-state index in [1.54, 1.807) is 0 Å². The highest BCUT2D eigenvalue weighted by Gasteiger charge is 2.37. The molecule has 0 heteroatoms. The Hall–Kier alpha value is -2.34. The summed E-state index contributed by atoms with van der Waals surface area (Å²) in [6.07, 6.45) is 16.8. The average molecular weight is 319 g/mol. The molecule has 0 bridgehead atoms. The van der Waals surface area contributed by atoms with E-state index in [0.717, 1.165) is 5.57 Å². The van der Waals surface area contributed by atoms with Crippen LogP contribution < -0.4 is 0 Å². The molecule has 0 aliphatic carbocycles. The van der Waals surface area contributed by atoms with Crippen molar-refractivity contribution >= 4 is 0 Å². The summed E-state index contributed by atoms with van der Waals surface area (Å²) in [7, 11) is 0. The zero-order chi connectivity index (χ0) is 18.0. The van der Waals surface area contributed by atoms with Gasteiger partial charge in [-0.15, -0.1) is 0 Å². The maximum Gasteiger partial charge on any atom is 0.0613 e. The minimum atomic E-state index is -0.326. The van der Waals surface area contributed by atoms with Crippen LogP contribution in [-0.4, -0.2) is 0 Å². The van der Waals surface area contributed by atoms with Crippen molar-refractivity contribution < 1.29 is 0 Å². The Labute approximate surface area is 148 Å². The van der Waals surface area contributed by atoms with Gasteiger partial charge < -0.3 is 0 Å². The molecule has 24 heavy (non-hydrogen) atoms. The first-order valence-electron chi connectivity index (χ1n) is 8.53. The van der Waals surface area contributed by atoms with Crippen molar-refractivity contribution in [1.29, 1.82) is 0 Å². The third-order valence-corrected chi connectivity index (χ3v) is 4.44. The lowest BCUT2D eigenvalue weighted by Gasteiger charge is -2.38. The van der Waals surface area contributed by atoms with Crippen LogP contribution in [0.25, 0.3) is 0 Å². The van der Waals surface area contributed by atoms with Gasteiger partial charge in [-0.2, -0.15) is 0 Å². The van der Waals surface area contributed by atoms with E-state index < -0.39 is 0 Å². The summed E-state index contributed by atoms with van der Waals surface area (Å²) in [5, 5.41) is 0. The minimum Gasteiger partial charge on any atom is -0.0943 e. The topological polar surface area (TPSA) is 0 Å². The molecule has 0 heterocycles. The van der Waals surface area contributed by atoms with Gasteiger partial charge in [-0.1, -0.05) is 96.7 Å². The molecule has 126 valence electrons. The van der Waals surface area contributed by atoms with Crippen molar-refractivity contribution in [3.63, 3.8) is 0 Å². The van der Waals surface area contributed by atoms with Crippen LogP contribution in [0.2, 0.25) is 0 Å². The van der Waals surface area contributed by atoms with Crippen LogP contribution in [0.5, 0.6) is 0 Å². The summed E-state index contributed by atoms with van der Waals surface area (Å²) in [5.74, 6) is 0. The van der Waals surface area contributed by atoms with Gasteiger partial charge in [0.2, 0.25) is 0 Å². The molecule has 1 rings (SSSR count). The predicted octanol–water partition coefficient (Wildman–Crippen LogP) is 7.10. The Morgan fingerprint density at radius 2 is 1.50 bits per heavy atom. The van der Waals surface area contributed by atoms with E-state index in [0.29, 0.717) is 0 Å². The van der Waals surface area contributed by atoms with E-state index in [1.807, 2.05) is 26.0 Å². The maximum atomic E-state index is 4.45. The molecular formula is C24H30. The van der Waals surface area contributed by atoms with Crippen LogP contribution in [0.3, 0.4) is 0 Å². The fraction of sp³-hybridized carbons (Fsp3) is 0.250. The van der Waals surface area contributed by atoms with Crippen LogP contribution in [0, 0.1) is 0 Å². The fourth-order valence-electron chi connectivity index (χ4n) is 3.14. The molecule has 0 spiro atoms. The fourth-order valence-corrected chi connectivity index (χ4v) is 3.14. The van der Waals surface area contributed by atoms with E-state index in [4.69, 9.17) is 0 Å². The van der Waals surface area contributed by atoms with E-state index in [9.17, 15) is 0 Å². The summed E-state index contributed by atoms with van der Waals surface area (Å²) in [4.78, 5) is 0. The molecule has 0 aromatic heterocycles. The molecule has 0 saturated carbocycles. The van der Waals surface area contributed by atoms with Crippen molar-refractivity contribution in [3.05, 3.63) is 108 Å². The first kappa shape index (κ1) is 19.7. The normalized spacial score (nSPS) is 16.2. The van der Waals surface area contributed by atoms with Gasteiger partial charge in [-0.3, -0.25) is 0 Å². The van der Waals surface area contributed by atoms with Crippen LogP contribution >= 0.6 is 0 Å². The second-order valence-electron chi connectivity index (χ2n) is 5.87. The lowest BCUT2D eigenvalue weighted by molar-refractivity contribution is 0.705. The molecule has 0 N–H and O–H groups in total. The van der Waals surface area contributed by atoms with Crippen molar-refractivity contribution in [2.24, 2.45) is 0 Å². The zero-order valence-electron chi connectivity index (χ0n) is 15.7. The highest BCUT2D eigenvalue weighted by atomic mass is 14.4. The maximum absolute atomic E-state index is 4.45. The molecule has 0 amide bonds. The number of hydrogen-bond acceptors (Lipinski definition) is 0. The molecule has 1 unspecified atom stereocenters. The first-order valence-corrected chi connectivity index (χ1v) is 8.53. The third-order valence-electron chi connectivity index (χ3n) is 4.44. The van der Waals surface area contributed by atoms with E-state index in [1.165, 1.54) is 16.7 Å². The highest BCUT2D eigenvalue weighted by Crippen LogP contribution is 2.45. The molecule has 0 aliphatic rings. The SMILES string of the molecule is C=C(/C=C\C=C/C)C(/C(C)=C/C)(/C(C)=C/C=C\C)c1ccccc1. The van der Waals surface area contributed by atoms with Gasteiger partial charge in [0.15, 0.2) is 0 Å². The van der Waals surface area contributed by atoms with Gasteiger partial charge >= 0.3 is 0 Å². The second-order valence-corrected chi connectivity index (χ2v) is 5.87. The monoisotopic (exact) mass is 318 g/mol. The van der Waals surface area contributed by atoms with Gasteiger partial charge in [-0.05, 0) is 45.8 Å². The van der Waals surface area contributed by atoms with E-state index in [2.05, 4.69) is 94.1 Å². The minimum absolute atomic E-state index is 0.326. The molecule has 0 saturated heterocycles. The van der Waals surface area contributed by atoms with Crippen LogP contribution in [-0.2, 0) is 5.41 Å². The molecular weight excluding hydrogens is 288 g/mol. The van der Waals surface area contributed by atoms with Gasteiger partial charge in [0.25, 0.3) is 0 Å². The Balaban J connectivity index is 3.72. The summed E-state index contributed by atoms with van der Waals surface area (Å²) < 4.78 is 0. The third kappa shape index (κ3) is 4.14. The van der Waals surface area contributed by atoms with Crippen LogP contribution in [0.15, 0.2) is 102 Å². The molecule has 0 aliphatic heterocycles. The van der Waals surface area contributed by atoms with Gasteiger partial charge in [0, 0.05) is 0 Å². The quantitative estimate of drug-likeness (QED) is 0.371. The number of benzene rings is 1. The van der Waals surface area contributed by atoms with Crippen molar-refractivity contribution in [1.82, 2.24) is 0 Å². The van der Waals surface area contributed by atoms with Gasteiger partial charge in [0.05, 0.1) is 5.41 Å². The largest absolute Gasteiger partial charge is 0.0943 e. The van der Waals surface area contributed by atoms with Crippen LogP contribution in [0.4, 0.5) is 0 Å². The van der Waals surface area contributed by atoms with Gasteiger partial charge in [-0.25, -0.2) is 0 Å². The predicted molar refractivity (Wildman–Crippen MR) is 109 cm³/mol. The molecule has 1 aromatic rings. The van der Waals surface area contributed by atoms with Crippen molar-refractivity contribution in [2.75, 3.05) is 0 Å². The molecule has 1 atom stereocenters. The molecule has 1 aromatic carbocycles. The van der Waals surface area contributed by atoms with E-state index in [-0.39, 0.29) is 5.41 Å². The highest BCUT2D eigenvalue weighted by molar-refractivity contribution is 5.58. The summed E-state index contributed by atoms with van der Waals surface area (Å²) in [6, 6.07) is 10.6. The standard InChI is InChI=1S/C24H30/c1-7-10-13-17-22(6)24(20(4)9-3,21(5)16-11-8-2)23-18-14-12-15-19-23/h7-19H,6H2,1-5H3/b10-7-,11-8-,17-13-,20-9+,21-16+. The smallest absolute Gasteiger partial charge is 0.0613 e. The average Bonchev–Trinajstić information content (AvgIpc) is 2.61. The number of hydrogen-bond donors (Lipinski definition) is 0. The zero-order valence-corrected chi connectivity index (χ0v) is 15.7. The molecule has 0 nitrogen and oxygen atoms in total. The Kier molecular flexibility index (Phi) is 7.98.